The van der Waals surface area contributed by atoms with Crippen LogP contribution in [0.3, 0.4) is 0 Å². The van der Waals surface area contributed by atoms with Gasteiger partial charge in [-0.25, -0.2) is 10.7 Å². The van der Waals surface area contributed by atoms with Crippen LogP contribution in [0.2, 0.25) is 0 Å². The largest absolute Gasteiger partial charge is 0.444 e. The summed E-state index contributed by atoms with van der Waals surface area (Å²) in [6, 6.07) is 0. The van der Waals surface area contributed by atoms with Gasteiger partial charge in [-0.05, 0) is 20.8 Å². The van der Waals surface area contributed by atoms with Crippen LogP contribution in [0.1, 0.15) is 20.8 Å². The molecule has 1 atom stereocenters. The topological polar surface area (TPSA) is 74.0 Å². The third kappa shape index (κ3) is 2.60. The summed E-state index contributed by atoms with van der Waals surface area (Å²) in [7, 11) is 0. The van der Waals surface area contributed by atoms with Crippen molar-refractivity contribution in [3.8, 4) is 0 Å². The summed E-state index contributed by atoms with van der Waals surface area (Å²) in [6.07, 6.45) is -0.270. The molecule has 0 aliphatic carbocycles. The molecule has 2 saturated heterocycles. The van der Waals surface area contributed by atoms with Crippen molar-refractivity contribution >= 4 is 6.09 Å². The molecule has 0 aromatic carbocycles. The summed E-state index contributed by atoms with van der Waals surface area (Å²) in [4.78, 5) is 18.5. The lowest BCUT2D eigenvalue weighted by Crippen LogP contribution is -2.50. The van der Waals surface area contributed by atoms with Crippen molar-refractivity contribution in [3.05, 3.63) is 0 Å². The zero-order valence-corrected chi connectivity index (χ0v) is 11.3. The fraction of sp³-hybridized carbons (Fsp3) is 0.917. The Morgan fingerprint density at radius 2 is 2.17 bits per heavy atom. The van der Waals surface area contributed by atoms with Gasteiger partial charge in [0.2, 0.25) is 0 Å². The highest BCUT2D eigenvalue weighted by Crippen LogP contribution is 2.42. The Morgan fingerprint density at radius 1 is 1.50 bits per heavy atom. The van der Waals surface area contributed by atoms with Crippen molar-refractivity contribution in [2.24, 2.45) is 17.2 Å². The van der Waals surface area contributed by atoms with Gasteiger partial charge in [0.15, 0.2) is 0 Å². The van der Waals surface area contributed by atoms with Crippen LogP contribution in [0.4, 0.5) is 4.79 Å². The van der Waals surface area contributed by atoms with E-state index in [9.17, 15) is 4.79 Å². The minimum atomic E-state index is -0.469. The average Bonchev–Trinajstić information content (AvgIpc) is 2.55. The van der Waals surface area contributed by atoms with Crippen LogP contribution in [-0.4, -0.2) is 49.5 Å². The molecule has 0 aromatic rings. The molecular formula is C12H22N2O4. The predicted octanol–water partition coefficient (Wildman–Crippen LogP) is 0.760. The lowest BCUT2D eigenvalue weighted by molar-refractivity contribution is -0.138. The van der Waals surface area contributed by atoms with Crippen molar-refractivity contribution < 1.29 is 19.1 Å². The highest BCUT2D eigenvalue weighted by molar-refractivity contribution is 5.68. The summed E-state index contributed by atoms with van der Waals surface area (Å²) in [5, 5.41) is 0. The van der Waals surface area contributed by atoms with E-state index in [-0.39, 0.29) is 17.4 Å². The zero-order valence-electron chi connectivity index (χ0n) is 11.3. The first-order valence-corrected chi connectivity index (χ1v) is 6.24. The van der Waals surface area contributed by atoms with E-state index in [0.717, 1.165) is 0 Å². The van der Waals surface area contributed by atoms with Gasteiger partial charge in [-0.15, -0.1) is 0 Å². The van der Waals surface area contributed by atoms with Gasteiger partial charge in [-0.3, -0.25) is 0 Å². The van der Waals surface area contributed by atoms with Gasteiger partial charge in [-0.2, -0.15) is 0 Å². The highest BCUT2D eigenvalue weighted by Gasteiger charge is 2.53. The lowest BCUT2D eigenvalue weighted by atomic mass is 9.77. The molecule has 104 valence electrons. The molecule has 0 aromatic heterocycles. The first kappa shape index (κ1) is 13.6. The fourth-order valence-electron chi connectivity index (χ4n) is 2.54. The molecule has 2 aliphatic heterocycles. The standard InChI is InChI=1S/C12H22N2O4/c1-11(2,3)18-10(15)14-4-9(5-17-13)12(6-14)7-16-8-12/h9H,4-8,13H2,1-3H3. The molecular weight excluding hydrogens is 236 g/mol. The highest BCUT2D eigenvalue weighted by atomic mass is 16.6. The summed E-state index contributed by atoms with van der Waals surface area (Å²) in [5.74, 6) is 5.38. The molecule has 0 bridgehead atoms. The Balaban J connectivity index is 1.98. The van der Waals surface area contributed by atoms with E-state index in [1.807, 2.05) is 20.8 Å². The van der Waals surface area contributed by atoms with Gasteiger partial charge in [0, 0.05) is 24.4 Å². The third-order valence-electron chi connectivity index (χ3n) is 3.54. The molecule has 2 aliphatic rings. The number of hydrogen-bond acceptors (Lipinski definition) is 5. The SMILES string of the molecule is CC(C)(C)OC(=O)N1CC(CON)C2(COC2)C1. The maximum Gasteiger partial charge on any atom is 0.410 e. The summed E-state index contributed by atoms with van der Waals surface area (Å²) in [6.45, 7) is 8.66. The number of nitrogens with zero attached hydrogens (tertiary/aromatic N) is 1. The minimum Gasteiger partial charge on any atom is -0.444 e. The van der Waals surface area contributed by atoms with E-state index < -0.39 is 5.60 Å². The van der Waals surface area contributed by atoms with Crippen LogP contribution in [0.25, 0.3) is 0 Å². The van der Waals surface area contributed by atoms with E-state index >= 15 is 0 Å². The number of hydrogen-bond donors (Lipinski definition) is 1. The molecule has 6 heteroatoms. The number of amides is 1. The van der Waals surface area contributed by atoms with Crippen LogP contribution >= 0.6 is 0 Å². The summed E-state index contributed by atoms with van der Waals surface area (Å²) < 4.78 is 10.7. The van der Waals surface area contributed by atoms with Gasteiger partial charge in [-0.1, -0.05) is 0 Å². The maximum atomic E-state index is 12.0. The van der Waals surface area contributed by atoms with Crippen LogP contribution < -0.4 is 5.90 Å². The quantitative estimate of drug-likeness (QED) is 0.740. The Hall–Kier alpha value is -0.850. The number of ether oxygens (including phenoxy) is 2. The first-order valence-electron chi connectivity index (χ1n) is 6.24. The average molecular weight is 258 g/mol. The third-order valence-corrected chi connectivity index (χ3v) is 3.54. The van der Waals surface area contributed by atoms with Crippen molar-refractivity contribution in [1.29, 1.82) is 0 Å². The van der Waals surface area contributed by atoms with Crippen LogP contribution in [0, 0.1) is 11.3 Å². The van der Waals surface area contributed by atoms with E-state index in [4.69, 9.17) is 20.2 Å². The predicted molar refractivity (Wildman–Crippen MR) is 64.7 cm³/mol. The van der Waals surface area contributed by atoms with Crippen molar-refractivity contribution in [2.75, 3.05) is 32.9 Å². The van der Waals surface area contributed by atoms with Gasteiger partial charge in [0.25, 0.3) is 0 Å². The molecule has 2 rings (SSSR count). The smallest absolute Gasteiger partial charge is 0.410 e. The molecule has 2 fully saturated rings. The van der Waals surface area contributed by atoms with Crippen LogP contribution in [-0.2, 0) is 14.3 Å². The summed E-state index contributed by atoms with van der Waals surface area (Å²) >= 11 is 0. The molecule has 2 N–H and O–H groups in total. The zero-order chi connectivity index (χ0) is 13.4. The molecule has 1 unspecified atom stereocenters. The van der Waals surface area contributed by atoms with Gasteiger partial charge < -0.3 is 19.2 Å². The van der Waals surface area contributed by atoms with Gasteiger partial charge in [0.1, 0.15) is 5.60 Å². The second-order valence-corrected chi connectivity index (χ2v) is 6.25. The maximum absolute atomic E-state index is 12.0. The fourth-order valence-corrected chi connectivity index (χ4v) is 2.54. The molecule has 0 saturated carbocycles. The molecule has 0 radical (unpaired) electrons. The second kappa shape index (κ2) is 4.68. The first-order chi connectivity index (χ1) is 8.36. The number of nitrogens with two attached hydrogens (primary N) is 1. The second-order valence-electron chi connectivity index (χ2n) is 6.25. The molecule has 2 heterocycles. The van der Waals surface area contributed by atoms with Crippen molar-refractivity contribution in [3.63, 3.8) is 0 Å². The number of likely N-dealkylation sites (tertiary alicyclic amines) is 1. The summed E-state index contributed by atoms with van der Waals surface area (Å²) in [5.41, 5.74) is -0.459. The van der Waals surface area contributed by atoms with Crippen LogP contribution in [0.15, 0.2) is 0 Å². The van der Waals surface area contributed by atoms with Crippen molar-refractivity contribution in [2.45, 2.75) is 26.4 Å². The number of carbonyl (C=O) groups excluding carboxylic acids is 1. The van der Waals surface area contributed by atoms with Crippen molar-refractivity contribution in [1.82, 2.24) is 4.90 Å². The molecule has 18 heavy (non-hydrogen) atoms. The van der Waals surface area contributed by atoms with E-state index in [1.54, 1.807) is 4.90 Å². The molecule has 1 spiro atoms. The van der Waals surface area contributed by atoms with E-state index in [0.29, 0.717) is 32.9 Å². The molecule has 6 nitrogen and oxygen atoms in total. The Morgan fingerprint density at radius 3 is 2.61 bits per heavy atom. The molecule has 1 amide bonds. The van der Waals surface area contributed by atoms with Gasteiger partial charge >= 0.3 is 6.09 Å². The van der Waals surface area contributed by atoms with E-state index in [1.165, 1.54) is 0 Å². The number of rotatable bonds is 2. The number of carbonyl (C=O) groups is 1. The minimum absolute atomic E-state index is 0.0102. The normalized spacial score (nSPS) is 26.2. The van der Waals surface area contributed by atoms with Crippen LogP contribution in [0.5, 0.6) is 0 Å². The monoisotopic (exact) mass is 258 g/mol. The Labute approximate surface area is 107 Å². The Kier molecular flexibility index (Phi) is 3.53. The lowest BCUT2D eigenvalue weighted by Gasteiger charge is -2.41. The van der Waals surface area contributed by atoms with Gasteiger partial charge in [0.05, 0.1) is 19.8 Å². The van der Waals surface area contributed by atoms with E-state index in [2.05, 4.69) is 0 Å². The Bertz CT molecular complexity index is 323.